The normalized spacial score (nSPS) is 25.1. The first-order valence-electron chi connectivity index (χ1n) is 4.67. The van der Waals surface area contributed by atoms with E-state index in [4.69, 9.17) is 0 Å². The molecule has 1 aliphatic rings. The molecule has 0 saturated heterocycles. The van der Waals surface area contributed by atoms with Gasteiger partial charge in [0.2, 0.25) is 10.0 Å². The number of rotatable bonds is 0. The predicted octanol–water partition coefficient (Wildman–Crippen LogP) is 1.16. The van der Waals surface area contributed by atoms with Crippen LogP contribution in [0, 0.1) is 5.92 Å². The zero-order valence-electron chi connectivity index (χ0n) is 8.03. The van der Waals surface area contributed by atoms with Gasteiger partial charge in [0, 0.05) is 6.54 Å². The first-order chi connectivity index (χ1) is 6.59. The molecule has 1 aromatic carbocycles. The van der Waals surface area contributed by atoms with Gasteiger partial charge in [-0.1, -0.05) is 25.1 Å². The lowest BCUT2D eigenvalue weighted by Gasteiger charge is -2.05. The Kier molecular flexibility index (Phi) is 2.33. The highest BCUT2D eigenvalue weighted by Gasteiger charge is 2.23. The van der Waals surface area contributed by atoms with E-state index in [2.05, 4.69) is 4.72 Å². The lowest BCUT2D eigenvalue weighted by Crippen LogP contribution is -2.26. The van der Waals surface area contributed by atoms with E-state index >= 15 is 0 Å². The van der Waals surface area contributed by atoms with Crippen molar-refractivity contribution >= 4 is 10.0 Å². The molecular weight excluding hydrogens is 198 g/mol. The minimum atomic E-state index is -3.26. The molecule has 76 valence electrons. The van der Waals surface area contributed by atoms with Gasteiger partial charge in [-0.25, -0.2) is 13.1 Å². The van der Waals surface area contributed by atoms with Gasteiger partial charge in [-0.15, -0.1) is 0 Å². The molecule has 1 N–H and O–H groups in total. The molecule has 0 radical (unpaired) electrons. The van der Waals surface area contributed by atoms with Gasteiger partial charge in [0.15, 0.2) is 0 Å². The summed E-state index contributed by atoms with van der Waals surface area (Å²) < 4.78 is 26.1. The molecule has 1 aliphatic heterocycles. The van der Waals surface area contributed by atoms with Crippen LogP contribution in [0.5, 0.6) is 0 Å². The minimum Gasteiger partial charge on any atom is -0.211 e. The Labute approximate surface area is 84.2 Å². The Morgan fingerprint density at radius 1 is 1.36 bits per heavy atom. The fourth-order valence-corrected chi connectivity index (χ4v) is 3.13. The summed E-state index contributed by atoms with van der Waals surface area (Å²) in [5, 5.41) is 0. The van der Waals surface area contributed by atoms with Crippen LogP contribution in [0.15, 0.2) is 29.2 Å². The summed E-state index contributed by atoms with van der Waals surface area (Å²) in [5.74, 6) is 0.355. The van der Waals surface area contributed by atoms with Crippen molar-refractivity contribution in [1.82, 2.24) is 4.72 Å². The standard InChI is InChI=1S/C10H13NO2S/c1-8-6-9-4-2-3-5-10(9)14(12,13)11-7-8/h2-5,8,11H,6-7H2,1H3/t8-/m1/s1. The van der Waals surface area contributed by atoms with Gasteiger partial charge in [0.1, 0.15) is 0 Å². The highest BCUT2D eigenvalue weighted by atomic mass is 32.2. The van der Waals surface area contributed by atoms with Crippen molar-refractivity contribution in [2.45, 2.75) is 18.2 Å². The van der Waals surface area contributed by atoms with Crippen LogP contribution in [0.2, 0.25) is 0 Å². The van der Waals surface area contributed by atoms with Crippen molar-refractivity contribution in [3.63, 3.8) is 0 Å². The summed E-state index contributed by atoms with van der Waals surface area (Å²) in [5.41, 5.74) is 0.921. The van der Waals surface area contributed by atoms with Crippen LogP contribution in [0.4, 0.5) is 0 Å². The topological polar surface area (TPSA) is 46.2 Å². The van der Waals surface area contributed by atoms with Crippen LogP contribution in [0.1, 0.15) is 12.5 Å². The van der Waals surface area contributed by atoms with E-state index in [-0.39, 0.29) is 0 Å². The molecule has 0 aromatic heterocycles. The molecular formula is C10H13NO2S. The number of nitrogens with one attached hydrogen (secondary N) is 1. The van der Waals surface area contributed by atoms with Gasteiger partial charge in [-0.2, -0.15) is 0 Å². The Bertz CT molecular complexity index is 439. The molecule has 0 saturated carbocycles. The molecule has 0 spiro atoms. The molecule has 0 amide bonds. The summed E-state index contributed by atoms with van der Waals surface area (Å²) in [4.78, 5) is 0.435. The Morgan fingerprint density at radius 2 is 2.07 bits per heavy atom. The van der Waals surface area contributed by atoms with Crippen LogP contribution >= 0.6 is 0 Å². The fourth-order valence-electron chi connectivity index (χ4n) is 1.71. The van der Waals surface area contributed by atoms with Gasteiger partial charge in [-0.05, 0) is 24.0 Å². The molecule has 3 nitrogen and oxygen atoms in total. The summed E-state index contributed by atoms with van der Waals surface area (Å²) in [7, 11) is -3.26. The summed E-state index contributed by atoms with van der Waals surface area (Å²) >= 11 is 0. The Hall–Kier alpha value is -0.870. The molecule has 14 heavy (non-hydrogen) atoms. The third-order valence-corrected chi connectivity index (χ3v) is 3.98. The molecule has 1 atom stereocenters. The van der Waals surface area contributed by atoms with Crippen molar-refractivity contribution in [3.05, 3.63) is 29.8 Å². The van der Waals surface area contributed by atoms with Crippen LogP contribution in [-0.2, 0) is 16.4 Å². The Balaban J connectivity index is 2.58. The smallest absolute Gasteiger partial charge is 0.211 e. The maximum atomic E-state index is 11.7. The first kappa shape index (κ1) is 9.68. The SMILES string of the molecule is C[C@H]1CNS(=O)(=O)c2ccccc2C1. The lowest BCUT2D eigenvalue weighted by atomic mass is 10.0. The first-order valence-corrected chi connectivity index (χ1v) is 6.15. The minimum absolute atomic E-state index is 0.355. The zero-order valence-corrected chi connectivity index (χ0v) is 8.84. The molecule has 1 heterocycles. The molecule has 4 heteroatoms. The maximum absolute atomic E-state index is 11.7. The lowest BCUT2D eigenvalue weighted by molar-refractivity contribution is 0.552. The summed E-state index contributed by atoms with van der Waals surface area (Å²) in [6.45, 7) is 2.57. The Morgan fingerprint density at radius 3 is 2.86 bits per heavy atom. The highest BCUT2D eigenvalue weighted by molar-refractivity contribution is 7.89. The number of hydrogen-bond donors (Lipinski definition) is 1. The van der Waals surface area contributed by atoms with E-state index in [1.807, 2.05) is 19.1 Å². The van der Waals surface area contributed by atoms with E-state index < -0.39 is 10.0 Å². The van der Waals surface area contributed by atoms with E-state index in [1.54, 1.807) is 12.1 Å². The van der Waals surface area contributed by atoms with Crippen LogP contribution in [-0.4, -0.2) is 15.0 Å². The quantitative estimate of drug-likeness (QED) is 0.700. The third kappa shape index (κ3) is 1.67. The van der Waals surface area contributed by atoms with Gasteiger partial charge >= 0.3 is 0 Å². The number of hydrogen-bond acceptors (Lipinski definition) is 2. The molecule has 2 rings (SSSR count). The van der Waals surface area contributed by atoms with E-state index in [0.29, 0.717) is 17.4 Å². The summed E-state index contributed by atoms with van der Waals surface area (Å²) in [6, 6.07) is 7.19. The van der Waals surface area contributed by atoms with Crippen molar-refractivity contribution in [2.75, 3.05) is 6.54 Å². The van der Waals surface area contributed by atoms with Crippen LogP contribution < -0.4 is 4.72 Å². The highest BCUT2D eigenvalue weighted by Crippen LogP contribution is 2.21. The molecule has 1 aromatic rings. The van der Waals surface area contributed by atoms with Gasteiger partial charge in [-0.3, -0.25) is 0 Å². The monoisotopic (exact) mass is 211 g/mol. The molecule has 0 fully saturated rings. The van der Waals surface area contributed by atoms with Gasteiger partial charge < -0.3 is 0 Å². The van der Waals surface area contributed by atoms with E-state index in [0.717, 1.165) is 12.0 Å². The number of fused-ring (bicyclic) bond motifs is 1. The fraction of sp³-hybridized carbons (Fsp3) is 0.400. The van der Waals surface area contributed by atoms with Crippen molar-refractivity contribution in [2.24, 2.45) is 5.92 Å². The molecule has 0 bridgehead atoms. The average Bonchev–Trinajstić information content (AvgIpc) is 2.25. The third-order valence-electron chi connectivity index (χ3n) is 2.45. The average molecular weight is 211 g/mol. The largest absolute Gasteiger partial charge is 0.240 e. The van der Waals surface area contributed by atoms with Crippen LogP contribution in [0.3, 0.4) is 0 Å². The maximum Gasteiger partial charge on any atom is 0.240 e. The van der Waals surface area contributed by atoms with Crippen LogP contribution in [0.25, 0.3) is 0 Å². The van der Waals surface area contributed by atoms with Gasteiger partial charge in [0.05, 0.1) is 4.90 Å². The summed E-state index contributed by atoms with van der Waals surface area (Å²) in [6.07, 6.45) is 0.822. The number of benzene rings is 1. The second kappa shape index (κ2) is 3.37. The zero-order chi connectivity index (χ0) is 10.2. The van der Waals surface area contributed by atoms with Crippen molar-refractivity contribution < 1.29 is 8.42 Å². The van der Waals surface area contributed by atoms with Crippen molar-refractivity contribution in [1.29, 1.82) is 0 Å². The van der Waals surface area contributed by atoms with Crippen molar-refractivity contribution in [3.8, 4) is 0 Å². The predicted molar refractivity (Wildman–Crippen MR) is 54.5 cm³/mol. The number of sulfonamides is 1. The molecule has 0 aliphatic carbocycles. The molecule has 0 unspecified atom stereocenters. The second-order valence-electron chi connectivity index (χ2n) is 3.77. The van der Waals surface area contributed by atoms with Gasteiger partial charge in [0.25, 0.3) is 0 Å². The second-order valence-corrected chi connectivity index (χ2v) is 5.50. The van der Waals surface area contributed by atoms with E-state index in [9.17, 15) is 8.42 Å². The van der Waals surface area contributed by atoms with E-state index in [1.165, 1.54) is 0 Å².